The van der Waals surface area contributed by atoms with Crippen molar-refractivity contribution in [2.24, 2.45) is 0 Å². The quantitative estimate of drug-likeness (QED) is 0.402. The molecule has 168 valence electrons. The van der Waals surface area contributed by atoms with Gasteiger partial charge in [-0.2, -0.15) is 13.2 Å². The van der Waals surface area contributed by atoms with Crippen LogP contribution in [0.2, 0.25) is 0 Å². The molecule has 4 aromatic rings. The largest absolute Gasteiger partial charge is 0.416 e. The summed E-state index contributed by atoms with van der Waals surface area (Å²) in [6.45, 7) is 3.84. The average molecular weight is 451 g/mol. The number of fused-ring (bicyclic) bond motifs is 1. The Hall–Kier alpha value is -4.01. The van der Waals surface area contributed by atoms with Crippen molar-refractivity contribution in [1.29, 1.82) is 0 Å². The number of carbonyl (C=O) groups excluding carboxylic acids is 1. The Bertz CT molecular complexity index is 1310. The molecule has 0 radical (unpaired) electrons. The molecule has 0 saturated heterocycles. The van der Waals surface area contributed by atoms with Crippen LogP contribution >= 0.6 is 0 Å². The second kappa shape index (κ2) is 8.85. The first-order valence-electron chi connectivity index (χ1n) is 10.1. The van der Waals surface area contributed by atoms with Crippen LogP contribution < -0.4 is 10.6 Å². The number of benzene rings is 2. The van der Waals surface area contributed by atoms with Gasteiger partial charge in [-0.05, 0) is 67.4 Å². The van der Waals surface area contributed by atoms with E-state index in [0.717, 1.165) is 23.3 Å². The first-order chi connectivity index (χ1) is 15.7. The Balaban J connectivity index is 1.52. The molecular weight excluding hydrogens is 431 g/mol. The summed E-state index contributed by atoms with van der Waals surface area (Å²) in [5.41, 5.74) is 2.69. The lowest BCUT2D eigenvalue weighted by Gasteiger charge is -2.17. The molecule has 0 aliphatic heterocycles. The van der Waals surface area contributed by atoms with Crippen molar-refractivity contribution in [3.63, 3.8) is 0 Å². The summed E-state index contributed by atoms with van der Waals surface area (Å²) in [7, 11) is 0. The van der Waals surface area contributed by atoms with E-state index in [1.807, 2.05) is 32.0 Å². The molecule has 0 fully saturated rings. The van der Waals surface area contributed by atoms with E-state index >= 15 is 0 Å². The standard InChI is InChI=1S/C24H20F3N5O/c1-14-8-17(10-19(9-14)31-23(33)16-4-3-7-28-12-16)15(2)30-22-13-29-21-11-18(24(25,26)27)5-6-20(21)32-22/h3-13,15H,1-2H3,(H,30,32)(H,31,33)/t15-/m0/s1. The van der Waals surface area contributed by atoms with Crippen LogP contribution in [0.5, 0.6) is 0 Å². The summed E-state index contributed by atoms with van der Waals surface area (Å²) >= 11 is 0. The molecule has 1 atom stereocenters. The van der Waals surface area contributed by atoms with Gasteiger partial charge >= 0.3 is 6.18 Å². The zero-order chi connectivity index (χ0) is 23.6. The Morgan fingerprint density at radius 1 is 1.03 bits per heavy atom. The second-order valence-electron chi connectivity index (χ2n) is 7.65. The van der Waals surface area contributed by atoms with Gasteiger partial charge in [-0.15, -0.1) is 0 Å². The van der Waals surface area contributed by atoms with Crippen LogP contribution in [0.25, 0.3) is 11.0 Å². The van der Waals surface area contributed by atoms with Gasteiger partial charge in [0.2, 0.25) is 0 Å². The summed E-state index contributed by atoms with van der Waals surface area (Å²) in [6, 6.07) is 12.1. The van der Waals surface area contributed by atoms with Gasteiger partial charge in [0.15, 0.2) is 0 Å². The smallest absolute Gasteiger partial charge is 0.362 e. The highest BCUT2D eigenvalue weighted by atomic mass is 19.4. The fraction of sp³-hybridized carbons (Fsp3) is 0.167. The average Bonchev–Trinajstić information content (AvgIpc) is 2.78. The molecule has 33 heavy (non-hydrogen) atoms. The van der Waals surface area contributed by atoms with Crippen molar-refractivity contribution in [2.45, 2.75) is 26.1 Å². The Morgan fingerprint density at radius 3 is 2.58 bits per heavy atom. The molecule has 1 amide bonds. The van der Waals surface area contributed by atoms with Crippen LogP contribution in [0.3, 0.4) is 0 Å². The number of anilines is 2. The van der Waals surface area contributed by atoms with Crippen LogP contribution in [0.1, 0.15) is 40.0 Å². The third-order valence-electron chi connectivity index (χ3n) is 5.02. The fourth-order valence-corrected chi connectivity index (χ4v) is 3.40. The van der Waals surface area contributed by atoms with Crippen molar-refractivity contribution >= 4 is 28.4 Å². The van der Waals surface area contributed by atoms with Gasteiger partial charge in [0.1, 0.15) is 5.82 Å². The van der Waals surface area contributed by atoms with Gasteiger partial charge in [-0.3, -0.25) is 14.8 Å². The van der Waals surface area contributed by atoms with Gasteiger partial charge in [0.25, 0.3) is 5.91 Å². The molecule has 4 rings (SSSR count). The SMILES string of the molecule is Cc1cc(NC(=O)c2cccnc2)cc([C@H](C)Nc2cnc3cc(C(F)(F)F)ccc3n2)c1. The van der Waals surface area contributed by atoms with E-state index in [1.54, 1.807) is 18.3 Å². The van der Waals surface area contributed by atoms with Gasteiger partial charge < -0.3 is 10.6 Å². The molecule has 0 aliphatic rings. The molecular formula is C24H20F3N5O. The molecule has 0 saturated carbocycles. The third kappa shape index (κ3) is 5.25. The number of halogens is 3. The van der Waals surface area contributed by atoms with Crippen molar-refractivity contribution in [3.05, 3.63) is 89.4 Å². The lowest BCUT2D eigenvalue weighted by molar-refractivity contribution is -0.137. The van der Waals surface area contributed by atoms with Gasteiger partial charge in [-0.1, -0.05) is 6.07 Å². The number of aromatic nitrogens is 3. The number of alkyl halides is 3. The van der Waals surface area contributed by atoms with E-state index in [-0.39, 0.29) is 17.5 Å². The first kappa shape index (κ1) is 22.2. The van der Waals surface area contributed by atoms with Crippen molar-refractivity contribution in [2.75, 3.05) is 10.6 Å². The number of nitrogens with zero attached hydrogens (tertiary/aromatic N) is 3. The van der Waals surface area contributed by atoms with Crippen LogP contribution in [0.4, 0.5) is 24.7 Å². The number of nitrogens with one attached hydrogen (secondary N) is 2. The Morgan fingerprint density at radius 2 is 1.85 bits per heavy atom. The van der Waals surface area contributed by atoms with Crippen LogP contribution in [0.15, 0.2) is 67.1 Å². The fourth-order valence-electron chi connectivity index (χ4n) is 3.40. The molecule has 6 nitrogen and oxygen atoms in total. The van der Waals surface area contributed by atoms with Crippen molar-refractivity contribution < 1.29 is 18.0 Å². The molecule has 0 aliphatic carbocycles. The van der Waals surface area contributed by atoms with Crippen LogP contribution in [-0.2, 0) is 6.18 Å². The van der Waals surface area contributed by atoms with E-state index < -0.39 is 11.7 Å². The zero-order valence-corrected chi connectivity index (χ0v) is 17.8. The summed E-state index contributed by atoms with van der Waals surface area (Å²) in [4.78, 5) is 24.9. The number of carbonyl (C=O) groups is 1. The normalized spacial score (nSPS) is 12.4. The Kier molecular flexibility index (Phi) is 5.95. The van der Waals surface area contributed by atoms with Gasteiger partial charge in [-0.25, -0.2) is 4.98 Å². The topological polar surface area (TPSA) is 79.8 Å². The second-order valence-corrected chi connectivity index (χ2v) is 7.65. The first-order valence-corrected chi connectivity index (χ1v) is 10.1. The number of pyridine rings is 1. The van der Waals surface area contributed by atoms with Crippen molar-refractivity contribution in [3.8, 4) is 0 Å². The predicted octanol–water partition coefficient (Wildman–Crippen LogP) is 5.78. The molecule has 2 heterocycles. The van der Waals surface area contributed by atoms with Crippen molar-refractivity contribution in [1.82, 2.24) is 15.0 Å². The van der Waals surface area contributed by atoms with E-state index in [4.69, 9.17) is 0 Å². The zero-order valence-electron chi connectivity index (χ0n) is 17.8. The monoisotopic (exact) mass is 451 g/mol. The predicted molar refractivity (Wildman–Crippen MR) is 120 cm³/mol. The molecule has 9 heteroatoms. The molecule has 2 aromatic heterocycles. The van der Waals surface area contributed by atoms with E-state index in [2.05, 4.69) is 25.6 Å². The molecule has 0 spiro atoms. The lowest BCUT2D eigenvalue weighted by Crippen LogP contribution is -2.13. The summed E-state index contributed by atoms with van der Waals surface area (Å²) < 4.78 is 38.7. The molecule has 0 bridgehead atoms. The number of hydrogen-bond donors (Lipinski definition) is 2. The number of aryl methyl sites for hydroxylation is 1. The number of amides is 1. The highest BCUT2D eigenvalue weighted by molar-refractivity contribution is 6.04. The molecule has 0 unspecified atom stereocenters. The van der Waals surface area contributed by atoms with Gasteiger partial charge in [0.05, 0.1) is 34.4 Å². The Labute approximate surface area is 187 Å². The van der Waals surface area contributed by atoms with E-state index in [9.17, 15) is 18.0 Å². The minimum atomic E-state index is -4.43. The van der Waals surface area contributed by atoms with Crippen LogP contribution in [-0.4, -0.2) is 20.9 Å². The maximum Gasteiger partial charge on any atom is 0.416 e. The minimum Gasteiger partial charge on any atom is -0.362 e. The van der Waals surface area contributed by atoms with E-state index in [1.165, 1.54) is 18.5 Å². The highest BCUT2D eigenvalue weighted by Gasteiger charge is 2.30. The molecule has 2 aromatic carbocycles. The lowest BCUT2D eigenvalue weighted by atomic mass is 10.0. The minimum absolute atomic E-state index is 0.166. The molecule has 2 N–H and O–H groups in total. The van der Waals surface area contributed by atoms with Gasteiger partial charge in [0, 0.05) is 18.1 Å². The summed E-state index contributed by atoms with van der Waals surface area (Å²) in [5, 5.41) is 6.09. The maximum atomic E-state index is 12.9. The summed E-state index contributed by atoms with van der Waals surface area (Å²) in [5.74, 6) is 0.163. The number of hydrogen-bond acceptors (Lipinski definition) is 5. The van der Waals surface area contributed by atoms with Crippen LogP contribution in [0, 0.1) is 6.92 Å². The maximum absolute atomic E-state index is 12.9. The summed E-state index contributed by atoms with van der Waals surface area (Å²) in [6.07, 6.45) is 0.0581. The van der Waals surface area contributed by atoms with E-state index in [0.29, 0.717) is 22.6 Å². The number of rotatable bonds is 5. The highest BCUT2D eigenvalue weighted by Crippen LogP contribution is 2.31. The third-order valence-corrected chi connectivity index (χ3v) is 5.02.